The van der Waals surface area contributed by atoms with Crippen molar-refractivity contribution in [2.24, 2.45) is 5.92 Å². The summed E-state index contributed by atoms with van der Waals surface area (Å²) in [7, 11) is -3.54. The lowest BCUT2D eigenvalue weighted by atomic mass is 10.1. The molecule has 0 spiro atoms. The van der Waals surface area contributed by atoms with E-state index in [9.17, 15) is 22.4 Å². The van der Waals surface area contributed by atoms with Crippen molar-refractivity contribution in [3.05, 3.63) is 65.5 Å². The fourth-order valence-electron chi connectivity index (χ4n) is 3.61. The van der Waals surface area contributed by atoms with Gasteiger partial charge in [-0.25, -0.2) is 12.8 Å². The van der Waals surface area contributed by atoms with Crippen LogP contribution in [0.1, 0.15) is 44.7 Å². The third-order valence-corrected chi connectivity index (χ3v) is 6.75. The largest absolute Gasteiger partial charge is 0.354 e. The summed E-state index contributed by atoms with van der Waals surface area (Å²) in [6, 6.07) is 12.2. The van der Waals surface area contributed by atoms with Crippen LogP contribution in [-0.4, -0.2) is 50.5 Å². The number of amides is 2. The highest BCUT2D eigenvalue weighted by Crippen LogP contribution is 2.20. The van der Waals surface area contributed by atoms with Gasteiger partial charge in [-0.05, 0) is 61.6 Å². The third kappa shape index (κ3) is 8.98. The average molecular weight is 506 g/mol. The zero-order chi connectivity index (χ0) is 26.2. The molecule has 7 nitrogen and oxygen atoms in total. The first-order valence-electron chi connectivity index (χ1n) is 11.7. The topological polar surface area (TPSA) is 86.8 Å². The van der Waals surface area contributed by atoms with E-state index >= 15 is 0 Å². The van der Waals surface area contributed by atoms with Gasteiger partial charge in [0.1, 0.15) is 11.9 Å². The molecule has 0 aliphatic rings. The Hall–Kier alpha value is -2.94. The van der Waals surface area contributed by atoms with Crippen LogP contribution in [0.2, 0.25) is 0 Å². The second kappa shape index (κ2) is 12.7. The second-order valence-corrected chi connectivity index (χ2v) is 11.1. The molecule has 0 aromatic heterocycles. The number of hydrogen-bond acceptors (Lipinski definition) is 4. The van der Waals surface area contributed by atoms with Gasteiger partial charge in [0.25, 0.3) is 0 Å². The number of nitrogens with zero attached hydrogens (tertiary/aromatic N) is 2. The van der Waals surface area contributed by atoms with Gasteiger partial charge < -0.3 is 10.2 Å². The fourth-order valence-corrected chi connectivity index (χ4v) is 4.57. The lowest BCUT2D eigenvalue weighted by molar-refractivity contribution is -0.140. The Labute approximate surface area is 208 Å². The normalized spacial score (nSPS) is 12.3. The number of aryl methyl sites for hydroxylation is 1. The van der Waals surface area contributed by atoms with Crippen LogP contribution in [0.5, 0.6) is 0 Å². The molecular formula is C26H36FN3O4S. The summed E-state index contributed by atoms with van der Waals surface area (Å²) in [6.07, 6.45) is 1.47. The Kier molecular flexibility index (Phi) is 10.2. The Morgan fingerprint density at radius 2 is 1.71 bits per heavy atom. The van der Waals surface area contributed by atoms with Crippen molar-refractivity contribution in [3.8, 4) is 0 Å². The van der Waals surface area contributed by atoms with Crippen molar-refractivity contribution in [1.29, 1.82) is 0 Å². The van der Waals surface area contributed by atoms with Gasteiger partial charge in [-0.3, -0.25) is 13.9 Å². The summed E-state index contributed by atoms with van der Waals surface area (Å²) < 4.78 is 39.4. The van der Waals surface area contributed by atoms with E-state index in [1.165, 1.54) is 21.3 Å². The van der Waals surface area contributed by atoms with E-state index in [0.29, 0.717) is 17.8 Å². The van der Waals surface area contributed by atoms with Crippen LogP contribution in [0.15, 0.2) is 48.5 Å². The Morgan fingerprint density at radius 3 is 2.29 bits per heavy atom. The number of carbonyl (C=O) groups is 2. The lowest BCUT2D eigenvalue weighted by Crippen LogP contribution is -2.48. The monoisotopic (exact) mass is 505 g/mol. The molecule has 35 heavy (non-hydrogen) atoms. The van der Waals surface area contributed by atoms with E-state index in [-0.39, 0.29) is 49.5 Å². The molecule has 2 rings (SSSR count). The maximum Gasteiger partial charge on any atom is 0.242 e. The number of sulfonamides is 1. The third-order valence-electron chi connectivity index (χ3n) is 5.56. The molecule has 0 fully saturated rings. The van der Waals surface area contributed by atoms with Gasteiger partial charge >= 0.3 is 0 Å². The van der Waals surface area contributed by atoms with E-state index in [2.05, 4.69) is 5.32 Å². The standard InChI is InChI=1S/C26H36FN3O4S/c1-19(2)17-28-26(32)21(4)29(18-22-11-13-23(27)14-12-22)25(31)10-7-15-30(35(5,33)34)24-9-6-8-20(3)16-24/h6,8-9,11-14,16,19,21H,7,10,15,17-18H2,1-5H3,(H,28,32). The van der Waals surface area contributed by atoms with E-state index in [4.69, 9.17) is 0 Å². The van der Waals surface area contributed by atoms with Gasteiger partial charge in [-0.15, -0.1) is 0 Å². The van der Waals surface area contributed by atoms with Crippen LogP contribution in [0, 0.1) is 18.7 Å². The summed E-state index contributed by atoms with van der Waals surface area (Å²) in [5, 5.41) is 2.85. The van der Waals surface area contributed by atoms with Gasteiger partial charge in [-0.2, -0.15) is 0 Å². The lowest BCUT2D eigenvalue weighted by Gasteiger charge is -2.29. The molecular weight excluding hydrogens is 469 g/mol. The number of carbonyl (C=O) groups excluding carboxylic acids is 2. The van der Waals surface area contributed by atoms with Crippen molar-refractivity contribution in [2.75, 3.05) is 23.7 Å². The van der Waals surface area contributed by atoms with Crippen molar-refractivity contribution in [2.45, 2.75) is 53.1 Å². The van der Waals surface area contributed by atoms with Crippen LogP contribution in [0.25, 0.3) is 0 Å². The Bertz CT molecular complexity index is 1100. The summed E-state index contributed by atoms with van der Waals surface area (Å²) in [6.45, 7) is 8.26. The molecule has 0 bridgehead atoms. The van der Waals surface area contributed by atoms with Gasteiger partial charge in [-0.1, -0.05) is 38.1 Å². The Balaban J connectivity index is 2.15. The van der Waals surface area contributed by atoms with E-state index in [1.54, 1.807) is 37.3 Å². The van der Waals surface area contributed by atoms with Crippen molar-refractivity contribution < 1.29 is 22.4 Å². The second-order valence-electron chi connectivity index (χ2n) is 9.24. The highest BCUT2D eigenvalue weighted by atomic mass is 32.2. The molecule has 1 unspecified atom stereocenters. The van der Waals surface area contributed by atoms with Crippen LogP contribution >= 0.6 is 0 Å². The SMILES string of the molecule is Cc1cccc(N(CCCC(=O)N(Cc2ccc(F)cc2)C(C)C(=O)NCC(C)C)S(C)(=O)=O)c1. The molecule has 0 aliphatic carbocycles. The molecule has 2 aromatic rings. The molecule has 0 aliphatic heterocycles. The number of hydrogen-bond donors (Lipinski definition) is 1. The molecule has 0 radical (unpaired) electrons. The quantitative estimate of drug-likeness (QED) is 0.475. The summed E-state index contributed by atoms with van der Waals surface area (Å²) >= 11 is 0. The number of nitrogens with one attached hydrogen (secondary N) is 1. The number of rotatable bonds is 12. The van der Waals surface area contributed by atoms with E-state index < -0.39 is 16.1 Å². The van der Waals surface area contributed by atoms with Crippen molar-refractivity contribution in [3.63, 3.8) is 0 Å². The number of anilines is 1. The van der Waals surface area contributed by atoms with Crippen LogP contribution < -0.4 is 9.62 Å². The molecule has 1 N–H and O–H groups in total. The van der Waals surface area contributed by atoms with Gasteiger partial charge in [0.05, 0.1) is 11.9 Å². The smallest absolute Gasteiger partial charge is 0.242 e. The predicted molar refractivity (Wildman–Crippen MR) is 137 cm³/mol. The minimum Gasteiger partial charge on any atom is -0.354 e. The highest BCUT2D eigenvalue weighted by molar-refractivity contribution is 7.92. The molecule has 0 saturated heterocycles. The summed E-state index contributed by atoms with van der Waals surface area (Å²) in [4.78, 5) is 27.4. The Morgan fingerprint density at radius 1 is 1.06 bits per heavy atom. The first-order valence-corrected chi connectivity index (χ1v) is 13.6. The van der Waals surface area contributed by atoms with E-state index in [0.717, 1.165) is 11.8 Å². The van der Waals surface area contributed by atoms with Gasteiger partial charge in [0.2, 0.25) is 21.8 Å². The van der Waals surface area contributed by atoms with Crippen LogP contribution in [0.3, 0.4) is 0 Å². The number of benzene rings is 2. The van der Waals surface area contributed by atoms with Crippen LogP contribution in [0.4, 0.5) is 10.1 Å². The van der Waals surface area contributed by atoms with Gasteiger partial charge in [0, 0.05) is 26.1 Å². The summed E-state index contributed by atoms with van der Waals surface area (Å²) in [5.41, 5.74) is 2.17. The number of halogens is 1. The zero-order valence-corrected chi connectivity index (χ0v) is 21.9. The minimum atomic E-state index is -3.54. The molecule has 2 aromatic carbocycles. The maximum atomic E-state index is 13.4. The van der Waals surface area contributed by atoms with Crippen molar-refractivity contribution >= 4 is 27.5 Å². The highest BCUT2D eigenvalue weighted by Gasteiger charge is 2.26. The minimum absolute atomic E-state index is 0.0564. The molecule has 9 heteroatoms. The van der Waals surface area contributed by atoms with E-state index in [1.807, 2.05) is 26.8 Å². The summed E-state index contributed by atoms with van der Waals surface area (Å²) in [5.74, 6) is -0.673. The van der Waals surface area contributed by atoms with Crippen LogP contribution in [-0.2, 0) is 26.2 Å². The maximum absolute atomic E-state index is 13.4. The molecule has 0 heterocycles. The zero-order valence-electron chi connectivity index (χ0n) is 21.1. The molecule has 1 atom stereocenters. The molecule has 192 valence electrons. The first kappa shape index (κ1) is 28.3. The molecule has 0 saturated carbocycles. The molecule has 2 amide bonds. The predicted octanol–water partition coefficient (Wildman–Crippen LogP) is 3.87. The van der Waals surface area contributed by atoms with Gasteiger partial charge in [0.15, 0.2) is 0 Å². The fraction of sp³-hybridized carbons (Fsp3) is 0.462. The van der Waals surface area contributed by atoms with Crippen molar-refractivity contribution in [1.82, 2.24) is 10.2 Å². The first-order chi connectivity index (χ1) is 16.4. The average Bonchev–Trinajstić information content (AvgIpc) is 2.78.